The molecule has 1 aromatic heterocycles. The van der Waals surface area contributed by atoms with Crippen LogP contribution in [0, 0.1) is 5.92 Å². The first-order valence-electron chi connectivity index (χ1n) is 14.8. The molecular weight excluding hydrogens is 512 g/mol. The number of ether oxygens (including phenoxy) is 4. The van der Waals surface area contributed by atoms with Crippen molar-refractivity contribution < 1.29 is 28.5 Å². The van der Waals surface area contributed by atoms with Crippen molar-refractivity contribution in [1.82, 2.24) is 19.9 Å². The standard InChI is InChI=1S/C30H42N4O6/c1-37-25-18-22-19-26(28(25)38-2)39-17-9-14-33-20-23(31-32-33)12-8-16-40-30(36)24-13-6-7-15-34(24)29(35)27(22)21-10-4-3-5-11-21/h18-21,24,27H,3-17H2,1-2H3/t24-,27-/m0/s1. The molecule has 40 heavy (non-hydrogen) atoms. The summed E-state index contributed by atoms with van der Waals surface area (Å²) in [5.41, 5.74) is 1.71. The lowest BCUT2D eigenvalue weighted by atomic mass is 9.75. The Morgan fingerprint density at radius 3 is 2.48 bits per heavy atom. The van der Waals surface area contributed by atoms with Gasteiger partial charge in [0.25, 0.3) is 0 Å². The maximum Gasteiger partial charge on any atom is 0.328 e. The van der Waals surface area contributed by atoms with Crippen molar-refractivity contribution in [1.29, 1.82) is 0 Å². The van der Waals surface area contributed by atoms with E-state index < -0.39 is 12.0 Å². The zero-order chi connectivity index (χ0) is 27.9. The Morgan fingerprint density at radius 2 is 1.68 bits per heavy atom. The molecule has 2 aromatic rings. The summed E-state index contributed by atoms with van der Waals surface area (Å²) in [4.78, 5) is 29.6. The number of fused-ring (bicyclic) bond motifs is 5. The Morgan fingerprint density at radius 1 is 0.875 bits per heavy atom. The average Bonchev–Trinajstić information content (AvgIpc) is 3.44. The highest BCUT2D eigenvalue weighted by atomic mass is 16.5. The number of carbonyl (C=O) groups is 2. The minimum atomic E-state index is -0.564. The Hall–Kier alpha value is -3.30. The van der Waals surface area contributed by atoms with Gasteiger partial charge in [-0.15, -0.1) is 5.10 Å². The minimum absolute atomic E-state index is 0.000290. The number of hydrogen-bond donors (Lipinski definition) is 0. The molecule has 0 N–H and O–H groups in total. The Labute approximate surface area is 236 Å². The van der Waals surface area contributed by atoms with Gasteiger partial charge in [0.05, 0.1) is 39.0 Å². The fourth-order valence-corrected chi connectivity index (χ4v) is 6.43. The first kappa shape index (κ1) is 28.2. The molecule has 0 radical (unpaired) electrons. The number of methoxy groups -OCH3 is 2. The normalized spacial score (nSPS) is 23.6. The van der Waals surface area contributed by atoms with E-state index in [-0.39, 0.29) is 17.8 Å². The number of hydrogen-bond acceptors (Lipinski definition) is 8. The fraction of sp³-hybridized carbons (Fsp3) is 0.667. The number of aromatic nitrogens is 3. The smallest absolute Gasteiger partial charge is 0.328 e. The molecule has 10 nitrogen and oxygen atoms in total. The molecule has 3 aliphatic rings. The molecule has 1 aromatic carbocycles. The monoisotopic (exact) mass is 554 g/mol. The summed E-state index contributed by atoms with van der Waals surface area (Å²) in [7, 11) is 3.19. The summed E-state index contributed by atoms with van der Waals surface area (Å²) in [6.45, 7) is 1.95. The van der Waals surface area contributed by atoms with E-state index in [2.05, 4.69) is 10.3 Å². The van der Waals surface area contributed by atoms with Gasteiger partial charge in [-0.2, -0.15) is 0 Å². The third-order valence-corrected chi connectivity index (χ3v) is 8.47. The predicted octanol–water partition coefficient (Wildman–Crippen LogP) is 4.30. The van der Waals surface area contributed by atoms with Crippen molar-refractivity contribution in [2.24, 2.45) is 5.92 Å². The topological polar surface area (TPSA) is 105 Å². The maximum atomic E-state index is 14.5. The summed E-state index contributed by atoms with van der Waals surface area (Å²) in [5.74, 6) is 1.07. The van der Waals surface area contributed by atoms with E-state index in [0.29, 0.717) is 62.8 Å². The highest BCUT2D eigenvalue weighted by Crippen LogP contribution is 2.45. The van der Waals surface area contributed by atoms with Gasteiger partial charge in [0, 0.05) is 25.7 Å². The summed E-state index contributed by atoms with van der Waals surface area (Å²) in [6.07, 6.45) is 11.7. The SMILES string of the molecule is COc1cc2cc(c1OC)OCCCn1cc(nn1)CCCOC(=O)[C@@H]1CCCCN1C(=O)[C@H]2C1CCCCC1. The molecule has 2 aliphatic heterocycles. The highest BCUT2D eigenvalue weighted by molar-refractivity contribution is 5.89. The largest absolute Gasteiger partial charge is 0.493 e. The molecule has 3 heterocycles. The number of amides is 1. The first-order valence-corrected chi connectivity index (χ1v) is 14.8. The third kappa shape index (κ3) is 6.36. The molecule has 5 rings (SSSR count). The van der Waals surface area contributed by atoms with E-state index in [1.54, 1.807) is 19.1 Å². The second-order valence-electron chi connectivity index (χ2n) is 11.1. The van der Waals surface area contributed by atoms with Crippen LogP contribution in [-0.2, 0) is 27.3 Å². The summed E-state index contributed by atoms with van der Waals surface area (Å²) in [5, 5.41) is 8.47. The first-order chi connectivity index (χ1) is 19.6. The van der Waals surface area contributed by atoms with Gasteiger partial charge >= 0.3 is 5.97 Å². The fourth-order valence-electron chi connectivity index (χ4n) is 6.43. The lowest BCUT2D eigenvalue weighted by Crippen LogP contribution is -2.51. The van der Waals surface area contributed by atoms with Crippen LogP contribution in [0.3, 0.4) is 0 Å². The van der Waals surface area contributed by atoms with Crippen LogP contribution in [0.4, 0.5) is 0 Å². The van der Waals surface area contributed by atoms with Gasteiger partial charge < -0.3 is 23.8 Å². The molecule has 0 unspecified atom stereocenters. The van der Waals surface area contributed by atoms with Crippen LogP contribution in [-0.4, -0.2) is 71.8 Å². The minimum Gasteiger partial charge on any atom is -0.493 e. The van der Waals surface area contributed by atoms with E-state index in [1.807, 2.05) is 23.0 Å². The number of esters is 1. The van der Waals surface area contributed by atoms with E-state index in [9.17, 15) is 9.59 Å². The van der Waals surface area contributed by atoms with Crippen molar-refractivity contribution >= 4 is 11.9 Å². The summed E-state index contributed by atoms with van der Waals surface area (Å²) >= 11 is 0. The number of nitrogens with zero attached hydrogens (tertiary/aromatic N) is 4. The molecule has 1 amide bonds. The van der Waals surface area contributed by atoms with Crippen LogP contribution in [0.1, 0.15) is 81.4 Å². The van der Waals surface area contributed by atoms with Crippen LogP contribution < -0.4 is 14.2 Å². The highest BCUT2D eigenvalue weighted by Gasteiger charge is 2.40. The molecule has 2 atom stereocenters. The number of aryl methyl sites for hydroxylation is 2. The van der Waals surface area contributed by atoms with Gasteiger partial charge in [0.2, 0.25) is 11.7 Å². The van der Waals surface area contributed by atoms with Crippen molar-refractivity contribution in [3.63, 3.8) is 0 Å². The average molecular weight is 555 g/mol. The van der Waals surface area contributed by atoms with Gasteiger partial charge in [-0.1, -0.05) is 24.5 Å². The van der Waals surface area contributed by atoms with Crippen LogP contribution in [0.25, 0.3) is 0 Å². The second kappa shape index (κ2) is 13.4. The van der Waals surface area contributed by atoms with Gasteiger partial charge in [-0.25, -0.2) is 4.79 Å². The van der Waals surface area contributed by atoms with Crippen LogP contribution in [0.5, 0.6) is 17.2 Å². The van der Waals surface area contributed by atoms with Crippen LogP contribution in [0.2, 0.25) is 0 Å². The molecule has 2 fully saturated rings. The molecule has 4 bridgehead atoms. The quantitative estimate of drug-likeness (QED) is 0.518. The van der Waals surface area contributed by atoms with E-state index in [4.69, 9.17) is 18.9 Å². The van der Waals surface area contributed by atoms with Crippen molar-refractivity contribution in [3.8, 4) is 17.2 Å². The Balaban J connectivity index is 1.53. The van der Waals surface area contributed by atoms with Gasteiger partial charge in [0.1, 0.15) is 6.04 Å². The zero-order valence-electron chi connectivity index (χ0n) is 23.8. The molecule has 10 heteroatoms. The number of carbonyl (C=O) groups excluding carboxylic acids is 2. The molecule has 1 aliphatic carbocycles. The van der Waals surface area contributed by atoms with E-state index in [1.165, 1.54) is 6.42 Å². The van der Waals surface area contributed by atoms with Gasteiger partial charge in [-0.3, -0.25) is 9.48 Å². The summed E-state index contributed by atoms with van der Waals surface area (Å²) in [6, 6.07) is 3.29. The Kier molecular flexibility index (Phi) is 9.44. The third-order valence-electron chi connectivity index (χ3n) is 8.47. The van der Waals surface area contributed by atoms with Crippen molar-refractivity contribution in [3.05, 3.63) is 29.6 Å². The molecule has 0 spiro atoms. The molecular formula is C30H42N4O6. The van der Waals surface area contributed by atoms with E-state index in [0.717, 1.165) is 56.2 Å². The number of piperidine rings is 1. The number of rotatable bonds is 3. The zero-order valence-corrected chi connectivity index (χ0v) is 23.8. The lowest BCUT2D eigenvalue weighted by Gasteiger charge is -2.39. The maximum absolute atomic E-state index is 14.5. The van der Waals surface area contributed by atoms with E-state index >= 15 is 0 Å². The van der Waals surface area contributed by atoms with Crippen LogP contribution >= 0.6 is 0 Å². The van der Waals surface area contributed by atoms with Crippen LogP contribution in [0.15, 0.2) is 18.3 Å². The number of cyclic esters (lactones) is 1. The van der Waals surface area contributed by atoms with Crippen molar-refractivity contribution in [2.75, 3.05) is 34.0 Å². The van der Waals surface area contributed by atoms with Gasteiger partial charge in [-0.05, 0) is 68.6 Å². The molecule has 1 saturated heterocycles. The lowest BCUT2D eigenvalue weighted by molar-refractivity contribution is -0.158. The van der Waals surface area contributed by atoms with Gasteiger partial charge in [0.15, 0.2) is 11.5 Å². The second-order valence-corrected chi connectivity index (χ2v) is 11.1. The predicted molar refractivity (Wildman–Crippen MR) is 148 cm³/mol. The Bertz CT molecular complexity index is 1160. The number of benzene rings is 1. The molecule has 218 valence electrons. The van der Waals surface area contributed by atoms with Crippen molar-refractivity contribution in [2.45, 2.75) is 89.1 Å². The summed E-state index contributed by atoms with van der Waals surface area (Å²) < 4.78 is 25.2. The molecule has 1 saturated carbocycles.